The van der Waals surface area contributed by atoms with E-state index in [0.717, 1.165) is 0 Å². The molecule has 2 rings (SSSR count). The van der Waals surface area contributed by atoms with Gasteiger partial charge < -0.3 is 16.2 Å². The minimum absolute atomic E-state index is 0.000744. The van der Waals surface area contributed by atoms with Crippen molar-refractivity contribution in [3.05, 3.63) is 28.5 Å². The molecule has 0 aliphatic carbocycles. The van der Waals surface area contributed by atoms with Crippen molar-refractivity contribution in [2.24, 2.45) is 0 Å². The zero-order valence-corrected chi connectivity index (χ0v) is 11.8. The molecule has 1 heterocycles. The second-order valence-corrected chi connectivity index (χ2v) is 4.35. The number of hydrogen-bond acceptors (Lipinski definition) is 6. The molecule has 0 amide bonds. The lowest BCUT2D eigenvalue weighted by molar-refractivity contribution is 0.338. The van der Waals surface area contributed by atoms with Crippen LogP contribution in [0.4, 0.5) is 16.2 Å². The fraction of sp³-hybridized carbons (Fsp3) is 0.154. The van der Waals surface area contributed by atoms with Crippen LogP contribution in [0.15, 0.2) is 12.1 Å². The second-order valence-electron chi connectivity index (χ2n) is 3.97. The largest absolute Gasteiger partial charge is 0.492 e. The molecule has 0 atom stereocenters. The number of nitrogens with two attached hydrogens (primary N) is 2. The molecule has 0 aliphatic heterocycles. The summed E-state index contributed by atoms with van der Waals surface area (Å²) in [5.74, 6) is -0.846. The third-order valence-corrected chi connectivity index (χ3v) is 3.02. The third kappa shape index (κ3) is 2.66. The highest BCUT2D eigenvalue weighted by Gasteiger charge is 2.20. The van der Waals surface area contributed by atoms with Crippen LogP contribution in [0.1, 0.15) is 12.5 Å². The van der Waals surface area contributed by atoms with E-state index in [4.69, 9.17) is 33.1 Å². The normalized spacial score (nSPS) is 10.2. The summed E-state index contributed by atoms with van der Waals surface area (Å²) in [6.45, 7) is 2.09. The first-order valence-electron chi connectivity index (χ1n) is 5.93. The molecule has 1 aromatic carbocycles. The first-order chi connectivity index (χ1) is 9.99. The zero-order valence-electron chi connectivity index (χ0n) is 11.0. The first kappa shape index (κ1) is 14.8. The van der Waals surface area contributed by atoms with Crippen molar-refractivity contribution in [2.75, 3.05) is 18.1 Å². The summed E-state index contributed by atoms with van der Waals surface area (Å²) in [6, 6.07) is 4.71. The molecule has 8 heteroatoms. The van der Waals surface area contributed by atoms with Crippen molar-refractivity contribution in [2.45, 2.75) is 6.92 Å². The van der Waals surface area contributed by atoms with Crippen molar-refractivity contribution in [1.29, 1.82) is 5.26 Å². The molecular weight excluding hydrogens is 297 g/mol. The van der Waals surface area contributed by atoms with Gasteiger partial charge in [0, 0.05) is 5.56 Å². The van der Waals surface area contributed by atoms with Gasteiger partial charge in [0.15, 0.2) is 5.82 Å². The zero-order chi connectivity index (χ0) is 15.6. The third-order valence-electron chi connectivity index (χ3n) is 2.67. The molecule has 0 unspecified atom stereocenters. The van der Waals surface area contributed by atoms with Crippen LogP contribution in [0.3, 0.4) is 0 Å². The van der Waals surface area contributed by atoms with Gasteiger partial charge in [-0.3, -0.25) is 0 Å². The Morgan fingerprint density at radius 1 is 1.38 bits per heavy atom. The molecule has 0 bridgehead atoms. The van der Waals surface area contributed by atoms with Crippen LogP contribution >= 0.6 is 11.6 Å². The Bertz CT molecular complexity index is 744. The molecule has 108 valence electrons. The van der Waals surface area contributed by atoms with Gasteiger partial charge in [0.25, 0.3) is 0 Å². The smallest absolute Gasteiger partial charge is 0.222 e. The lowest BCUT2D eigenvalue weighted by Crippen LogP contribution is -2.06. The van der Waals surface area contributed by atoms with Gasteiger partial charge in [-0.05, 0) is 19.1 Å². The number of halogens is 2. The highest BCUT2D eigenvalue weighted by atomic mass is 35.5. The summed E-state index contributed by atoms with van der Waals surface area (Å²) in [5.41, 5.74) is 11.0. The molecular formula is C13H11ClFN5O. The Morgan fingerprint density at radius 2 is 2.10 bits per heavy atom. The van der Waals surface area contributed by atoms with Gasteiger partial charge in [-0.25, -0.2) is 9.37 Å². The Hall–Kier alpha value is -2.59. The minimum Gasteiger partial charge on any atom is -0.492 e. The topological polar surface area (TPSA) is 111 Å². The number of aromatic nitrogens is 2. The average molecular weight is 308 g/mol. The standard InChI is InChI=1S/C13H11ClFN5O/c1-2-21-8-4-3-6(10(15)9(8)14)11-7(5-16)12(17)20-13(18)19-11/h3-4H,2H2,1H3,(H4,17,18,19,20). The van der Waals surface area contributed by atoms with Crippen LogP contribution in [-0.2, 0) is 0 Å². The monoisotopic (exact) mass is 307 g/mol. The maximum absolute atomic E-state index is 14.4. The molecule has 1 aromatic heterocycles. The van der Waals surface area contributed by atoms with Crippen molar-refractivity contribution in [3.8, 4) is 23.1 Å². The quantitative estimate of drug-likeness (QED) is 0.900. The van der Waals surface area contributed by atoms with Crippen LogP contribution in [0.5, 0.6) is 5.75 Å². The van der Waals surface area contributed by atoms with E-state index in [-0.39, 0.29) is 39.4 Å². The summed E-state index contributed by atoms with van der Waals surface area (Å²) in [5, 5.41) is 8.92. The number of rotatable bonds is 3. The highest BCUT2D eigenvalue weighted by Crippen LogP contribution is 2.35. The van der Waals surface area contributed by atoms with E-state index in [2.05, 4.69) is 9.97 Å². The van der Waals surface area contributed by atoms with E-state index >= 15 is 0 Å². The fourth-order valence-electron chi connectivity index (χ4n) is 1.78. The average Bonchev–Trinajstić information content (AvgIpc) is 2.43. The van der Waals surface area contributed by atoms with Gasteiger partial charge >= 0.3 is 0 Å². The van der Waals surface area contributed by atoms with Gasteiger partial charge in [0.05, 0.1) is 12.3 Å². The molecule has 0 aliphatic rings. The number of ether oxygens (including phenoxy) is 1. The van der Waals surface area contributed by atoms with E-state index in [1.807, 2.05) is 6.07 Å². The van der Waals surface area contributed by atoms with Crippen molar-refractivity contribution < 1.29 is 9.13 Å². The summed E-state index contributed by atoms with van der Waals surface area (Å²) < 4.78 is 19.6. The van der Waals surface area contributed by atoms with E-state index in [1.165, 1.54) is 12.1 Å². The second kappa shape index (κ2) is 5.81. The Labute approximate surface area is 125 Å². The van der Waals surface area contributed by atoms with E-state index < -0.39 is 5.82 Å². The van der Waals surface area contributed by atoms with E-state index in [9.17, 15) is 4.39 Å². The van der Waals surface area contributed by atoms with Crippen LogP contribution in [0, 0.1) is 17.1 Å². The maximum Gasteiger partial charge on any atom is 0.222 e. The molecule has 0 fully saturated rings. The van der Waals surface area contributed by atoms with Gasteiger partial charge in [-0.2, -0.15) is 10.2 Å². The number of benzene rings is 1. The minimum atomic E-state index is -0.767. The lowest BCUT2D eigenvalue weighted by Gasteiger charge is -2.11. The summed E-state index contributed by atoms with van der Waals surface area (Å²) in [4.78, 5) is 7.55. The summed E-state index contributed by atoms with van der Waals surface area (Å²) >= 11 is 5.91. The molecule has 0 spiro atoms. The molecule has 21 heavy (non-hydrogen) atoms. The Balaban J connectivity index is 2.69. The SMILES string of the molecule is CCOc1ccc(-c2nc(N)nc(N)c2C#N)c(F)c1Cl. The number of nitriles is 1. The number of anilines is 2. The van der Waals surface area contributed by atoms with Gasteiger partial charge in [0.2, 0.25) is 5.95 Å². The van der Waals surface area contributed by atoms with Gasteiger partial charge in [-0.1, -0.05) is 11.6 Å². The maximum atomic E-state index is 14.4. The summed E-state index contributed by atoms with van der Waals surface area (Å²) in [7, 11) is 0. The van der Waals surface area contributed by atoms with Crippen LogP contribution in [0.25, 0.3) is 11.3 Å². The summed E-state index contributed by atoms with van der Waals surface area (Å²) in [6.07, 6.45) is 0. The van der Waals surface area contributed by atoms with Crippen LogP contribution in [0.2, 0.25) is 5.02 Å². The van der Waals surface area contributed by atoms with Gasteiger partial charge in [0.1, 0.15) is 28.2 Å². The van der Waals surface area contributed by atoms with E-state index in [0.29, 0.717) is 6.61 Å². The molecule has 0 radical (unpaired) electrons. The highest BCUT2D eigenvalue weighted by molar-refractivity contribution is 6.32. The van der Waals surface area contributed by atoms with Crippen LogP contribution < -0.4 is 16.2 Å². The van der Waals surface area contributed by atoms with Crippen molar-refractivity contribution in [1.82, 2.24) is 9.97 Å². The number of nitrogen functional groups attached to an aromatic ring is 2. The lowest BCUT2D eigenvalue weighted by atomic mass is 10.1. The Kier molecular flexibility index (Phi) is 4.10. The molecule has 0 saturated carbocycles. The first-order valence-corrected chi connectivity index (χ1v) is 6.31. The Morgan fingerprint density at radius 3 is 2.71 bits per heavy atom. The predicted octanol–water partition coefficient (Wildman–Crippen LogP) is 2.37. The van der Waals surface area contributed by atoms with Crippen LogP contribution in [-0.4, -0.2) is 16.6 Å². The van der Waals surface area contributed by atoms with E-state index in [1.54, 1.807) is 6.92 Å². The van der Waals surface area contributed by atoms with Gasteiger partial charge in [-0.15, -0.1) is 0 Å². The fourth-order valence-corrected chi connectivity index (χ4v) is 2.00. The van der Waals surface area contributed by atoms with Crippen molar-refractivity contribution >= 4 is 23.4 Å². The predicted molar refractivity (Wildman–Crippen MR) is 77.1 cm³/mol. The number of nitrogens with zero attached hydrogens (tertiary/aromatic N) is 3. The molecule has 4 N–H and O–H groups in total. The molecule has 6 nitrogen and oxygen atoms in total. The molecule has 2 aromatic rings. The number of hydrogen-bond donors (Lipinski definition) is 2. The molecule has 0 saturated heterocycles. The van der Waals surface area contributed by atoms with Crippen molar-refractivity contribution in [3.63, 3.8) is 0 Å².